The molecule has 0 aliphatic heterocycles. The molecule has 0 spiro atoms. The lowest BCUT2D eigenvalue weighted by Crippen LogP contribution is -2.18. The molecule has 0 fully saturated rings. The van der Waals surface area contributed by atoms with E-state index in [1.807, 2.05) is 6.92 Å². The van der Waals surface area contributed by atoms with Crippen molar-refractivity contribution in [3.05, 3.63) is 18.3 Å². The molecule has 0 bridgehead atoms. The molecule has 84 valence electrons. The molecule has 1 rings (SSSR count). The largest absolute Gasteiger partial charge is 0.367 e. The zero-order chi connectivity index (χ0) is 11.3. The van der Waals surface area contributed by atoms with Crippen LogP contribution in [0.2, 0.25) is 0 Å². The molecule has 0 saturated heterocycles. The fourth-order valence-corrected chi connectivity index (χ4v) is 1.77. The Hall–Kier alpha value is -1.04. The Labute approximate surface area is 90.8 Å². The number of hydrogen-bond donors (Lipinski definition) is 1. The van der Waals surface area contributed by atoms with Gasteiger partial charge in [0, 0.05) is 34.9 Å². The number of aromatic nitrogens is 2. The van der Waals surface area contributed by atoms with Crippen molar-refractivity contribution < 1.29 is 8.60 Å². The highest BCUT2D eigenvalue weighted by atomic mass is 32.2. The minimum atomic E-state index is -0.795. The SMILES string of the molecule is CC(CCS(C)=O)Nc1cc(F)ncn1. The normalized spacial score (nSPS) is 14.6. The van der Waals surface area contributed by atoms with Gasteiger partial charge >= 0.3 is 0 Å². The predicted molar refractivity (Wildman–Crippen MR) is 58.6 cm³/mol. The highest BCUT2D eigenvalue weighted by Crippen LogP contribution is 2.06. The summed E-state index contributed by atoms with van der Waals surface area (Å²) in [5.74, 6) is 0.525. The summed E-state index contributed by atoms with van der Waals surface area (Å²) in [6.07, 6.45) is 3.59. The maximum absolute atomic E-state index is 12.7. The standard InChI is InChI=1S/C9H14FN3OS/c1-7(3-4-15(2)14)13-9-5-8(10)11-6-12-9/h5-7H,3-4H2,1-2H3,(H,11,12,13). The van der Waals surface area contributed by atoms with Crippen LogP contribution in [0.1, 0.15) is 13.3 Å². The monoisotopic (exact) mass is 231 g/mol. The molecule has 0 radical (unpaired) electrons. The summed E-state index contributed by atoms with van der Waals surface area (Å²) < 4.78 is 23.5. The first-order chi connectivity index (χ1) is 7.08. The van der Waals surface area contributed by atoms with Crippen LogP contribution in [0.3, 0.4) is 0 Å². The molecule has 15 heavy (non-hydrogen) atoms. The minimum absolute atomic E-state index is 0.114. The third-order valence-electron chi connectivity index (χ3n) is 1.87. The Morgan fingerprint density at radius 2 is 2.33 bits per heavy atom. The van der Waals surface area contributed by atoms with E-state index < -0.39 is 16.7 Å². The molecule has 4 nitrogen and oxygen atoms in total. The minimum Gasteiger partial charge on any atom is -0.367 e. The zero-order valence-electron chi connectivity index (χ0n) is 8.74. The highest BCUT2D eigenvalue weighted by Gasteiger charge is 2.04. The smallest absolute Gasteiger partial charge is 0.217 e. The Morgan fingerprint density at radius 1 is 1.60 bits per heavy atom. The number of hydrogen-bond acceptors (Lipinski definition) is 4. The number of rotatable bonds is 5. The molecule has 1 aromatic rings. The van der Waals surface area contributed by atoms with Gasteiger partial charge in [0.2, 0.25) is 5.95 Å². The maximum Gasteiger partial charge on any atom is 0.217 e. The third kappa shape index (κ3) is 4.83. The van der Waals surface area contributed by atoms with Gasteiger partial charge in [0.25, 0.3) is 0 Å². The van der Waals surface area contributed by atoms with Crippen LogP contribution in [0.5, 0.6) is 0 Å². The molecule has 0 aliphatic rings. The summed E-state index contributed by atoms with van der Waals surface area (Å²) in [7, 11) is -0.795. The van der Waals surface area contributed by atoms with E-state index in [0.29, 0.717) is 11.6 Å². The number of nitrogens with one attached hydrogen (secondary N) is 1. The van der Waals surface area contributed by atoms with Gasteiger partial charge in [-0.05, 0) is 13.3 Å². The van der Waals surface area contributed by atoms with Crippen LogP contribution in [-0.4, -0.2) is 32.2 Å². The number of halogens is 1. The molecule has 1 aromatic heterocycles. The molecule has 1 heterocycles. The second-order valence-electron chi connectivity index (χ2n) is 3.34. The van der Waals surface area contributed by atoms with Crippen LogP contribution >= 0.6 is 0 Å². The molecular formula is C9H14FN3OS. The van der Waals surface area contributed by atoms with Crippen molar-refractivity contribution in [1.82, 2.24) is 9.97 Å². The average molecular weight is 231 g/mol. The first kappa shape index (κ1) is 12.0. The van der Waals surface area contributed by atoms with Gasteiger partial charge in [-0.2, -0.15) is 4.39 Å². The molecular weight excluding hydrogens is 217 g/mol. The van der Waals surface area contributed by atoms with Gasteiger partial charge in [0.1, 0.15) is 12.1 Å². The molecule has 0 saturated carbocycles. The summed E-state index contributed by atoms with van der Waals surface area (Å²) in [5.41, 5.74) is 0. The summed E-state index contributed by atoms with van der Waals surface area (Å²) in [6, 6.07) is 1.35. The van der Waals surface area contributed by atoms with Crippen LogP contribution in [0.15, 0.2) is 12.4 Å². The van der Waals surface area contributed by atoms with E-state index in [0.717, 1.165) is 6.42 Å². The van der Waals surface area contributed by atoms with Crippen LogP contribution in [0.25, 0.3) is 0 Å². The van der Waals surface area contributed by atoms with Gasteiger partial charge in [-0.3, -0.25) is 4.21 Å². The van der Waals surface area contributed by atoms with Crippen molar-refractivity contribution in [2.75, 3.05) is 17.3 Å². The fraction of sp³-hybridized carbons (Fsp3) is 0.556. The molecule has 0 amide bonds. The molecule has 2 unspecified atom stereocenters. The van der Waals surface area contributed by atoms with E-state index in [1.54, 1.807) is 6.26 Å². The lowest BCUT2D eigenvalue weighted by atomic mass is 10.2. The number of anilines is 1. The van der Waals surface area contributed by atoms with Crippen LogP contribution in [0, 0.1) is 5.95 Å². The highest BCUT2D eigenvalue weighted by molar-refractivity contribution is 7.84. The fourth-order valence-electron chi connectivity index (χ4n) is 1.08. The van der Waals surface area contributed by atoms with Crippen molar-refractivity contribution in [1.29, 1.82) is 0 Å². The van der Waals surface area contributed by atoms with Crippen molar-refractivity contribution in [3.8, 4) is 0 Å². The first-order valence-corrected chi connectivity index (χ1v) is 6.34. The average Bonchev–Trinajstić information content (AvgIpc) is 2.15. The first-order valence-electron chi connectivity index (χ1n) is 4.62. The zero-order valence-corrected chi connectivity index (χ0v) is 9.55. The van der Waals surface area contributed by atoms with E-state index in [4.69, 9.17) is 0 Å². The summed E-state index contributed by atoms with van der Waals surface area (Å²) in [5, 5.41) is 3.01. The maximum atomic E-state index is 12.7. The topological polar surface area (TPSA) is 54.9 Å². The predicted octanol–water partition coefficient (Wildman–Crippen LogP) is 1.18. The molecule has 0 aliphatic carbocycles. The van der Waals surface area contributed by atoms with Gasteiger partial charge in [-0.1, -0.05) is 0 Å². The Morgan fingerprint density at radius 3 is 2.93 bits per heavy atom. The molecule has 0 aromatic carbocycles. The van der Waals surface area contributed by atoms with Gasteiger partial charge < -0.3 is 5.32 Å². The van der Waals surface area contributed by atoms with Gasteiger partial charge in [-0.25, -0.2) is 9.97 Å². The van der Waals surface area contributed by atoms with E-state index in [-0.39, 0.29) is 6.04 Å². The summed E-state index contributed by atoms with van der Waals surface area (Å²) in [6.45, 7) is 1.94. The lowest BCUT2D eigenvalue weighted by Gasteiger charge is -2.13. The summed E-state index contributed by atoms with van der Waals surface area (Å²) >= 11 is 0. The van der Waals surface area contributed by atoms with Gasteiger partial charge in [0.05, 0.1) is 0 Å². The van der Waals surface area contributed by atoms with E-state index >= 15 is 0 Å². The van der Waals surface area contributed by atoms with Gasteiger partial charge in [0.15, 0.2) is 0 Å². The Balaban J connectivity index is 2.44. The van der Waals surface area contributed by atoms with Crippen molar-refractivity contribution in [2.24, 2.45) is 0 Å². The van der Waals surface area contributed by atoms with E-state index in [1.165, 1.54) is 12.4 Å². The van der Waals surface area contributed by atoms with Crippen molar-refractivity contribution in [2.45, 2.75) is 19.4 Å². The van der Waals surface area contributed by atoms with Crippen LogP contribution in [0.4, 0.5) is 10.2 Å². The van der Waals surface area contributed by atoms with Crippen LogP contribution < -0.4 is 5.32 Å². The van der Waals surface area contributed by atoms with Crippen molar-refractivity contribution in [3.63, 3.8) is 0 Å². The molecule has 1 N–H and O–H groups in total. The third-order valence-corrected chi connectivity index (χ3v) is 2.68. The van der Waals surface area contributed by atoms with Gasteiger partial charge in [-0.15, -0.1) is 0 Å². The Bertz CT molecular complexity index is 348. The number of nitrogens with zero attached hydrogens (tertiary/aromatic N) is 2. The van der Waals surface area contributed by atoms with E-state index in [9.17, 15) is 8.60 Å². The quantitative estimate of drug-likeness (QED) is 0.773. The molecule has 6 heteroatoms. The Kier molecular flexibility index (Phi) is 4.61. The van der Waals surface area contributed by atoms with E-state index in [2.05, 4.69) is 15.3 Å². The lowest BCUT2D eigenvalue weighted by molar-refractivity contribution is 0.579. The second kappa shape index (κ2) is 5.75. The van der Waals surface area contributed by atoms with Crippen LogP contribution in [-0.2, 0) is 10.8 Å². The molecule has 2 atom stereocenters. The van der Waals surface area contributed by atoms with Crippen molar-refractivity contribution >= 4 is 16.6 Å². The second-order valence-corrected chi connectivity index (χ2v) is 4.89. The summed E-state index contributed by atoms with van der Waals surface area (Å²) in [4.78, 5) is 7.22.